The summed E-state index contributed by atoms with van der Waals surface area (Å²) in [6, 6.07) is 7.82. The number of aromatic nitrogens is 2. The maximum atomic E-state index is 12.1. The predicted molar refractivity (Wildman–Crippen MR) is 88.5 cm³/mol. The number of anilines is 1. The Bertz CT molecular complexity index is 661. The van der Waals surface area contributed by atoms with Gasteiger partial charge in [0.05, 0.1) is 0 Å². The standard InChI is InChI=1S/C16H21N3O2S/c1-10(14(20)17-15-19-18-11(2)22-15)21-13-8-6-7-12(9-13)16(3,4)5/h6-10H,1-5H3,(H,17,19,20)/t10-/m1/s1. The molecule has 1 atom stereocenters. The first-order chi connectivity index (χ1) is 10.3. The van der Waals surface area contributed by atoms with E-state index in [0.717, 1.165) is 10.6 Å². The molecule has 0 bridgehead atoms. The Morgan fingerprint density at radius 1 is 1.32 bits per heavy atom. The number of benzene rings is 1. The predicted octanol–water partition coefficient (Wildman–Crippen LogP) is 3.55. The minimum absolute atomic E-state index is 0.0367. The second kappa shape index (κ2) is 6.44. The van der Waals surface area contributed by atoms with Gasteiger partial charge in [-0.15, -0.1) is 10.2 Å². The van der Waals surface area contributed by atoms with Gasteiger partial charge in [-0.3, -0.25) is 10.1 Å². The molecule has 0 fully saturated rings. The summed E-state index contributed by atoms with van der Waals surface area (Å²) in [5.74, 6) is 0.445. The number of carbonyl (C=O) groups excluding carboxylic acids is 1. The molecule has 0 saturated heterocycles. The zero-order chi connectivity index (χ0) is 16.3. The molecule has 0 aliphatic heterocycles. The average molecular weight is 319 g/mol. The van der Waals surface area contributed by atoms with Crippen LogP contribution in [0, 0.1) is 6.92 Å². The maximum Gasteiger partial charge on any atom is 0.266 e. The van der Waals surface area contributed by atoms with Gasteiger partial charge in [-0.2, -0.15) is 0 Å². The Labute approximate surface area is 134 Å². The Hall–Kier alpha value is -1.95. The summed E-state index contributed by atoms with van der Waals surface area (Å²) in [6.07, 6.45) is -0.612. The lowest BCUT2D eigenvalue weighted by atomic mass is 9.87. The van der Waals surface area contributed by atoms with Crippen LogP contribution >= 0.6 is 11.3 Å². The Kier molecular flexibility index (Phi) is 4.81. The average Bonchev–Trinajstić information content (AvgIpc) is 2.83. The highest BCUT2D eigenvalue weighted by Gasteiger charge is 2.18. The summed E-state index contributed by atoms with van der Waals surface area (Å²) in [5, 5.41) is 11.7. The van der Waals surface area contributed by atoms with Gasteiger partial charge in [0.2, 0.25) is 5.13 Å². The molecule has 0 spiro atoms. The van der Waals surface area contributed by atoms with E-state index in [9.17, 15) is 4.79 Å². The van der Waals surface area contributed by atoms with Gasteiger partial charge in [-0.05, 0) is 37.0 Å². The molecule has 0 radical (unpaired) electrons. The summed E-state index contributed by atoms with van der Waals surface area (Å²) in [6.45, 7) is 9.97. The third-order valence-electron chi connectivity index (χ3n) is 3.14. The topological polar surface area (TPSA) is 64.1 Å². The monoisotopic (exact) mass is 319 g/mol. The Morgan fingerprint density at radius 3 is 2.64 bits per heavy atom. The molecule has 0 unspecified atom stereocenters. The largest absolute Gasteiger partial charge is 0.481 e. The molecule has 6 heteroatoms. The molecule has 1 aromatic carbocycles. The van der Waals surface area contributed by atoms with E-state index >= 15 is 0 Å². The van der Waals surface area contributed by atoms with Crippen LogP contribution in [0.2, 0.25) is 0 Å². The van der Waals surface area contributed by atoms with Crippen molar-refractivity contribution in [3.63, 3.8) is 0 Å². The minimum atomic E-state index is -0.612. The van der Waals surface area contributed by atoms with E-state index in [1.54, 1.807) is 6.92 Å². The number of rotatable bonds is 4. The Balaban J connectivity index is 2.02. The molecule has 118 valence electrons. The summed E-state index contributed by atoms with van der Waals surface area (Å²) in [7, 11) is 0. The first-order valence-electron chi connectivity index (χ1n) is 7.14. The van der Waals surface area contributed by atoms with Gasteiger partial charge >= 0.3 is 0 Å². The molecular formula is C16H21N3O2S. The highest BCUT2D eigenvalue weighted by Crippen LogP contribution is 2.26. The third kappa shape index (κ3) is 4.27. The van der Waals surface area contributed by atoms with Crippen molar-refractivity contribution in [2.45, 2.75) is 46.1 Å². The van der Waals surface area contributed by atoms with Gasteiger partial charge in [0.25, 0.3) is 5.91 Å². The van der Waals surface area contributed by atoms with Crippen LogP contribution in [0.4, 0.5) is 5.13 Å². The van der Waals surface area contributed by atoms with Crippen LogP contribution in [0.1, 0.15) is 38.3 Å². The van der Waals surface area contributed by atoms with Crippen LogP contribution < -0.4 is 10.1 Å². The highest BCUT2D eigenvalue weighted by molar-refractivity contribution is 7.15. The SMILES string of the molecule is Cc1nnc(NC(=O)[C@@H](C)Oc2cccc(C(C)(C)C)c2)s1. The van der Waals surface area contributed by atoms with Gasteiger partial charge in [0.1, 0.15) is 10.8 Å². The number of aryl methyl sites for hydroxylation is 1. The van der Waals surface area contributed by atoms with Crippen molar-refractivity contribution in [2.75, 3.05) is 5.32 Å². The van der Waals surface area contributed by atoms with Crippen LogP contribution in [0.25, 0.3) is 0 Å². The molecule has 0 aliphatic carbocycles. The van der Waals surface area contributed by atoms with E-state index in [4.69, 9.17) is 4.74 Å². The lowest BCUT2D eigenvalue weighted by Crippen LogP contribution is -2.30. The van der Waals surface area contributed by atoms with E-state index < -0.39 is 6.10 Å². The molecule has 5 nitrogen and oxygen atoms in total. The summed E-state index contributed by atoms with van der Waals surface area (Å²) in [5.41, 5.74) is 1.20. The van der Waals surface area contributed by atoms with Crippen molar-refractivity contribution < 1.29 is 9.53 Å². The first-order valence-corrected chi connectivity index (χ1v) is 7.95. The number of ether oxygens (including phenoxy) is 1. The number of hydrogen-bond donors (Lipinski definition) is 1. The molecule has 1 aromatic heterocycles. The molecule has 1 heterocycles. The van der Waals surface area contributed by atoms with E-state index in [-0.39, 0.29) is 11.3 Å². The third-order valence-corrected chi connectivity index (χ3v) is 3.89. The molecule has 2 aromatic rings. The zero-order valence-corrected chi connectivity index (χ0v) is 14.3. The van der Waals surface area contributed by atoms with E-state index in [2.05, 4.69) is 42.4 Å². The van der Waals surface area contributed by atoms with Gasteiger partial charge in [0, 0.05) is 0 Å². The fraction of sp³-hybridized carbons (Fsp3) is 0.438. The molecule has 0 saturated carbocycles. The molecule has 1 N–H and O–H groups in total. The maximum absolute atomic E-state index is 12.1. The first kappa shape index (κ1) is 16.4. The van der Waals surface area contributed by atoms with Gasteiger partial charge in [-0.25, -0.2) is 0 Å². The smallest absolute Gasteiger partial charge is 0.266 e. The minimum Gasteiger partial charge on any atom is -0.481 e. The second-order valence-corrected chi connectivity index (χ2v) is 7.34. The van der Waals surface area contributed by atoms with Gasteiger partial charge in [-0.1, -0.05) is 44.2 Å². The number of carbonyl (C=O) groups is 1. The van der Waals surface area contributed by atoms with Crippen molar-refractivity contribution in [1.29, 1.82) is 0 Å². The number of amides is 1. The van der Waals surface area contributed by atoms with Crippen molar-refractivity contribution in [2.24, 2.45) is 0 Å². The van der Waals surface area contributed by atoms with Crippen LogP contribution in [-0.4, -0.2) is 22.2 Å². The normalized spacial score (nSPS) is 12.8. The Morgan fingerprint density at radius 2 is 2.05 bits per heavy atom. The summed E-state index contributed by atoms with van der Waals surface area (Å²) in [4.78, 5) is 12.1. The number of hydrogen-bond acceptors (Lipinski definition) is 5. The molecular weight excluding hydrogens is 298 g/mol. The van der Waals surface area contributed by atoms with Crippen LogP contribution in [0.15, 0.2) is 24.3 Å². The van der Waals surface area contributed by atoms with Crippen molar-refractivity contribution >= 4 is 22.4 Å². The molecule has 22 heavy (non-hydrogen) atoms. The van der Waals surface area contributed by atoms with Crippen LogP contribution in [0.3, 0.4) is 0 Å². The van der Waals surface area contributed by atoms with Crippen LogP contribution in [0.5, 0.6) is 5.75 Å². The summed E-state index contributed by atoms with van der Waals surface area (Å²) < 4.78 is 5.74. The summed E-state index contributed by atoms with van der Waals surface area (Å²) >= 11 is 1.34. The van der Waals surface area contributed by atoms with E-state index in [1.807, 2.05) is 25.1 Å². The highest BCUT2D eigenvalue weighted by atomic mass is 32.1. The molecule has 1 amide bonds. The second-order valence-electron chi connectivity index (χ2n) is 6.15. The molecule has 2 rings (SSSR count). The van der Waals surface area contributed by atoms with Crippen LogP contribution in [-0.2, 0) is 10.2 Å². The lowest BCUT2D eigenvalue weighted by molar-refractivity contribution is -0.122. The van der Waals surface area contributed by atoms with Crippen molar-refractivity contribution in [1.82, 2.24) is 10.2 Å². The van der Waals surface area contributed by atoms with Crippen molar-refractivity contribution in [3.8, 4) is 5.75 Å². The van der Waals surface area contributed by atoms with E-state index in [0.29, 0.717) is 10.9 Å². The zero-order valence-electron chi connectivity index (χ0n) is 13.5. The molecule has 0 aliphatic rings. The number of nitrogens with zero attached hydrogens (tertiary/aromatic N) is 2. The van der Waals surface area contributed by atoms with Gasteiger partial charge < -0.3 is 4.74 Å². The van der Waals surface area contributed by atoms with Gasteiger partial charge in [0.15, 0.2) is 6.10 Å². The fourth-order valence-electron chi connectivity index (χ4n) is 1.85. The van der Waals surface area contributed by atoms with E-state index in [1.165, 1.54) is 11.3 Å². The number of nitrogens with one attached hydrogen (secondary N) is 1. The van der Waals surface area contributed by atoms with Crippen molar-refractivity contribution in [3.05, 3.63) is 34.8 Å². The lowest BCUT2D eigenvalue weighted by Gasteiger charge is -2.20. The fourth-order valence-corrected chi connectivity index (χ4v) is 2.44. The quantitative estimate of drug-likeness (QED) is 0.936.